The van der Waals surface area contributed by atoms with Crippen LogP contribution in [0.3, 0.4) is 0 Å². The van der Waals surface area contributed by atoms with Crippen molar-refractivity contribution in [3.05, 3.63) is 0 Å². The number of amides is 2. The number of carbonyl (C=O) groups excluding carboxylic acids is 2. The van der Waals surface area contributed by atoms with Crippen LogP contribution in [-0.4, -0.2) is 29.0 Å². The molecule has 6 nitrogen and oxygen atoms in total. The molecule has 0 fully saturated rings. The molecule has 0 saturated heterocycles. The second-order valence-electron chi connectivity index (χ2n) is 5.19. The Labute approximate surface area is 127 Å². The van der Waals surface area contributed by atoms with Gasteiger partial charge in [0.15, 0.2) is 0 Å². The third kappa shape index (κ3) is 12.2. The van der Waals surface area contributed by atoms with Crippen LogP contribution in [0, 0.1) is 0 Å². The predicted molar refractivity (Wildman–Crippen MR) is 80.6 cm³/mol. The average Bonchev–Trinajstić information content (AvgIpc) is 2.47. The molecule has 2 N–H and O–H groups in total. The van der Waals surface area contributed by atoms with Crippen molar-refractivity contribution >= 4 is 12.0 Å². The number of urea groups is 1. The van der Waals surface area contributed by atoms with E-state index >= 15 is 0 Å². The Balaban J connectivity index is 3.61. The molecule has 0 atom stereocenters. The molecule has 0 aromatic heterocycles. The molecule has 6 heteroatoms. The molecule has 0 unspecified atom stereocenters. The average molecular weight is 302 g/mol. The summed E-state index contributed by atoms with van der Waals surface area (Å²) in [7, 11) is 0. The highest BCUT2D eigenvalue weighted by Gasteiger charge is 2.15. The standard InChI is InChI=1S/C15H30N2O4/c1-3-5-7-8-9-10-12-14(18)21-17(20)15(19)16-13-11-6-4-2/h20H,3-13H2,1-2H3,(H,16,19). The van der Waals surface area contributed by atoms with E-state index in [4.69, 9.17) is 0 Å². The zero-order valence-corrected chi connectivity index (χ0v) is 13.4. The second-order valence-corrected chi connectivity index (χ2v) is 5.19. The summed E-state index contributed by atoms with van der Waals surface area (Å²) in [5.74, 6) is -0.586. The first kappa shape index (κ1) is 19.7. The SMILES string of the molecule is CCCCCCCCC(=O)ON(O)C(=O)NCCCCC. The van der Waals surface area contributed by atoms with E-state index in [9.17, 15) is 14.8 Å². The minimum absolute atomic E-state index is 0.00857. The van der Waals surface area contributed by atoms with Gasteiger partial charge in [-0.2, -0.15) is 0 Å². The van der Waals surface area contributed by atoms with Crippen LogP contribution in [0.4, 0.5) is 4.79 Å². The molecular formula is C15H30N2O4. The highest BCUT2D eigenvalue weighted by molar-refractivity contribution is 5.75. The molecule has 2 amide bonds. The number of carbonyl (C=O) groups is 2. The number of hydrogen-bond acceptors (Lipinski definition) is 4. The maximum Gasteiger partial charge on any atom is 0.376 e. The maximum atomic E-state index is 11.4. The highest BCUT2D eigenvalue weighted by Crippen LogP contribution is 2.07. The van der Waals surface area contributed by atoms with E-state index < -0.39 is 12.0 Å². The lowest BCUT2D eigenvalue weighted by molar-refractivity contribution is -0.278. The largest absolute Gasteiger partial charge is 0.376 e. The molecule has 0 aliphatic rings. The third-order valence-electron chi connectivity index (χ3n) is 3.15. The van der Waals surface area contributed by atoms with Crippen LogP contribution in [0.1, 0.15) is 78.1 Å². The van der Waals surface area contributed by atoms with Gasteiger partial charge >= 0.3 is 12.0 Å². The van der Waals surface area contributed by atoms with Gasteiger partial charge in [0.25, 0.3) is 0 Å². The first-order chi connectivity index (χ1) is 10.1. The van der Waals surface area contributed by atoms with Crippen LogP contribution < -0.4 is 5.32 Å². The van der Waals surface area contributed by atoms with Crippen molar-refractivity contribution in [3.8, 4) is 0 Å². The van der Waals surface area contributed by atoms with Crippen LogP contribution in [0.15, 0.2) is 0 Å². The van der Waals surface area contributed by atoms with Crippen molar-refractivity contribution in [3.63, 3.8) is 0 Å². The minimum Gasteiger partial charge on any atom is -0.334 e. The Morgan fingerprint density at radius 3 is 2.19 bits per heavy atom. The van der Waals surface area contributed by atoms with Crippen molar-refractivity contribution in [1.82, 2.24) is 10.5 Å². The summed E-state index contributed by atoms with van der Waals surface area (Å²) >= 11 is 0. The molecule has 0 bridgehead atoms. The van der Waals surface area contributed by atoms with Gasteiger partial charge < -0.3 is 10.2 Å². The number of nitrogens with one attached hydrogen (secondary N) is 1. The van der Waals surface area contributed by atoms with Gasteiger partial charge in [0.2, 0.25) is 0 Å². The summed E-state index contributed by atoms with van der Waals surface area (Å²) in [6.07, 6.45) is 9.46. The van der Waals surface area contributed by atoms with E-state index in [1.165, 1.54) is 19.3 Å². The number of rotatable bonds is 11. The summed E-state index contributed by atoms with van der Waals surface area (Å²) in [6.45, 7) is 4.67. The summed E-state index contributed by atoms with van der Waals surface area (Å²) in [5, 5.41) is 11.8. The number of unbranched alkanes of at least 4 members (excludes halogenated alkanes) is 7. The number of hydroxylamine groups is 2. The summed E-state index contributed by atoms with van der Waals surface area (Å²) < 4.78 is 0. The molecule has 0 spiro atoms. The van der Waals surface area contributed by atoms with E-state index in [1.54, 1.807) is 0 Å². The Morgan fingerprint density at radius 1 is 0.952 bits per heavy atom. The van der Waals surface area contributed by atoms with Crippen molar-refractivity contribution < 1.29 is 19.6 Å². The van der Waals surface area contributed by atoms with Gasteiger partial charge in [-0.05, 0) is 18.1 Å². The molecule has 0 aliphatic carbocycles. The summed E-state index contributed by atoms with van der Waals surface area (Å²) in [4.78, 5) is 27.3. The van der Waals surface area contributed by atoms with Gasteiger partial charge in [-0.25, -0.2) is 9.59 Å². The predicted octanol–water partition coefficient (Wildman–Crippen LogP) is 3.79. The number of hydrogen-bond donors (Lipinski definition) is 2. The van der Waals surface area contributed by atoms with Crippen LogP contribution >= 0.6 is 0 Å². The van der Waals surface area contributed by atoms with E-state index in [0.29, 0.717) is 13.0 Å². The Kier molecular flexibility index (Phi) is 12.8. The summed E-state index contributed by atoms with van der Waals surface area (Å²) in [6, 6.07) is -0.803. The fourth-order valence-corrected chi connectivity index (χ4v) is 1.87. The van der Waals surface area contributed by atoms with E-state index in [0.717, 1.165) is 32.1 Å². The zero-order valence-electron chi connectivity index (χ0n) is 13.4. The highest BCUT2D eigenvalue weighted by atomic mass is 16.9. The lowest BCUT2D eigenvalue weighted by Crippen LogP contribution is -2.39. The van der Waals surface area contributed by atoms with Gasteiger partial charge in [0.05, 0.1) is 0 Å². The lowest BCUT2D eigenvalue weighted by atomic mass is 10.1. The molecule has 0 radical (unpaired) electrons. The van der Waals surface area contributed by atoms with Gasteiger partial charge in [-0.3, -0.25) is 5.21 Å². The molecule has 0 rings (SSSR count). The molecule has 124 valence electrons. The Morgan fingerprint density at radius 2 is 1.52 bits per heavy atom. The third-order valence-corrected chi connectivity index (χ3v) is 3.15. The smallest absolute Gasteiger partial charge is 0.334 e. The first-order valence-corrected chi connectivity index (χ1v) is 8.09. The van der Waals surface area contributed by atoms with Crippen LogP contribution in [-0.2, 0) is 9.63 Å². The fraction of sp³-hybridized carbons (Fsp3) is 0.867. The van der Waals surface area contributed by atoms with Crippen molar-refractivity contribution in [2.75, 3.05) is 6.54 Å². The normalized spacial score (nSPS) is 10.2. The van der Waals surface area contributed by atoms with Gasteiger partial charge in [0.1, 0.15) is 0 Å². The minimum atomic E-state index is -0.803. The van der Waals surface area contributed by atoms with E-state index in [-0.39, 0.29) is 11.6 Å². The molecule has 0 aromatic rings. The second kappa shape index (κ2) is 13.7. The zero-order chi connectivity index (χ0) is 15.9. The van der Waals surface area contributed by atoms with Crippen molar-refractivity contribution in [2.45, 2.75) is 78.1 Å². The topological polar surface area (TPSA) is 78.9 Å². The van der Waals surface area contributed by atoms with Gasteiger partial charge in [-0.15, -0.1) is 0 Å². The van der Waals surface area contributed by atoms with E-state index in [1.807, 2.05) is 0 Å². The van der Waals surface area contributed by atoms with Gasteiger partial charge in [-0.1, -0.05) is 58.8 Å². The van der Waals surface area contributed by atoms with Crippen LogP contribution in [0.2, 0.25) is 0 Å². The molecule has 21 heavy (non-hydrogen) atoms. The van der Waals surface area contributed by atoms with E-state index in [2.05, 4.69) is 24.0 Å². The fourth-order valence-electron chi connectivity index (χ4n) is 1.87. The quantitative estimate of drug-likeness (QED) is 0.346. The molecule has 0 aromatic carbocycles. The van der Waals surface area contributed by atoms with Crippen LogP contribution in [0.25, 0.3) is 0 Å². The van der Waals surface area contributed by atoms with Gasteiger partial charge in [0, 0.05) is 13.0 Å². The molecule has 0 heterocycles. The molecule has 0 saturated carbocycles. The van der Waals surface area contributed by atoms with Crippen molar-refractivity contribution in [1.29, 1.82) is 0 Å². The number of nitrogens with zero attached hydrogens (tertiary/aromatic N) is 1. The Bertz CT molecular complexity index is 285. The monoisotopic (exact) mass is 302 g/mol. The van der Waals surface area contributed by atoms with Crippen LogP contribution in [0.5, 0.6) is 0 Å². The molecular weight excluding hydrogens is 272 g/mol. The maximum absolute atomic E-state index is 11.4. The Hall–Kier alpha value is -1.30. The van der Waals surface area contributed by atoms with Crippen molar-refractivity contribution in [2.24, 2.45) is 0 Å². The summed E-state index contributed by atoms with van der Waals surface area (Å²) in [5.41, 5.74) is 0. The molecule has 0 aliphatic heterocycles. The lowest BCUT2D eigenvalue weighted by Gasteiger charge is -2.14. The first-order valence-electron chi connectivity index (χ1n) is 8.09.